The SMILES string of the molecule is COc1cncc(-c2cccc3c2c2ccccc2n3-c2ccc(C(N)=O)c(NCC3CCC(O)CC3)c2)c1. The summed E-state index contributed by atoms with van der Waals surface area (Å²) in [6.45, 7) is 0.733. The maximum Gasteiger partial charge on any atom is 0.250 e. The van der Waals surface area contributed by atoms with E-state index in [1.54, 1.807) is 19.4 Å². The van der Waals surface area contributed by atoms with Crippen LogP contribution in [0.4, 0.5) is 5.69 Å². The molecule has 0 unspecified atom stereocenters. The van der Waals surface area contributed by atoms with Crippen LogP contribution >= 0.6 is 0 Å². The first-order valence-electron chi connectivity index (χ1n) is 13.4. The summed E-state index contributed by atoms with van der Waals surface area (Å²) >= 11 is 0. The Hall–Kier alpha value is -4.36. The minimum absolute atomic E-state index is 0.196. The zero-order valence-electron chi connectivity index (χ0n) is 21.9. The van der Waals surface area contributed by atoms with Crippen molar-refractivity contribution < 1.29 is 14.6 Å². The fourth-order valence-corrected chi connectivity index (χ4v) is 5.85. The van der Waals surface area contributed by atoms with Gasteiger partial charge in [0, 0.05) is 40.5 Å². The van der Waals surface area contributed by atoms with Crippen LogP contribution in [0.15, 0.2) is 79.1 Å². The van der Waals surface area contributed by atoms with E-state index in [9.17, 15) is 9.90 Å². The molecule has 198 valence electrons. The lowest BCUT2D eigenvalue weighted by Crippen LogP contribution is -2.24. The lowest BCUT2D eigenvalue weighted by molar-refractivity contribution is 0.100. The van der Waals surface area contributed by atoms with Gasteiger partial charge in [-0.3, -0.25) is 9.78 Å². The number of fused-ring (bicyclic) bond motifs is 3. The molecule has 2 heterocycles. The molecule has 1 amide bonds. The van der Waals surface area contributed by atoms with Gasteiger partial charge < -0.3 is 25.5 Å². The summed E-state index contributed by atoms with van der Waals surface area (Å²) in [4.78, 5) is 16.7. The maximum atomic E-state index is 12.3. The van der Waals surface area contributed by atoms with Crippen molar-refractivity contribution in [3.8, 4) is 22.6 Å². The number of amides is 1. The summed E-state index contributed by atoms with van der Waals surface area (Å²) in [5.41, 5.74) is 12.1. The zero-order valence-corrected chi connectivity index (χ0v) is 21.9. The molecular formula is C32H32N4O3. The molecule has 6 rings (SSSR count). The molecule has 0 saturated heterocycles. The molecule has 2 aromatic heterocycles. The second kappa shape index (κ2) is 10.4. The highest BCUT2D eigenvalue weighted by Crippen LogP contribution is 2.39. The van der Waals surface area contributed by atoms with Crippen LogP contribution in [0.3, 0.4) is 0 Å². The zero-order chi connectivity index (χ0) is 26.9. The molecule has 39 heavy (non-hydrogen) atoms. The van der Waals surface area contributed by atoms with Crippen molar-refractivity contribution in [1.82, 2.24) is 9.55 Å². The fraction of sp³-hybridized carbons (Fsp3) is 0.250. The van der Waals surface area contributed by atoms with Crippen LogP contribution in [0.25, 0.3) is 38.6 Å². The van der Waals surface area contributed by atoms with Gasteiger partial charge >= 0.3 is 0 Å². The highest BCUT2D eigenvalue weighted by molar-refractivity contribution is 6.15. The number of carbonyl (C=O) groups is 1. The number of carbonyl (C=O) groups excluding carboxylic acids is 1. The monoisotopic (exact) mass is 520 g/mol. The van der Waals surface area contributed by atoms with Crippen molar-refractivity contribution >= 4 is 33.4 Å². The molecule has 7 heteroatoms. The van der Waals surface area contributed by atoms with Gasteiger partial charge in [0.05, 0.1) is 36.0 Å². The number of anilines is 1. The van der Waals surface area contributed by atoms with Gasteiger partial charge in [0.2, 0.25) is 0 Å². The lowest BCUT2D eigenvalue weighted by atomic mass is 9.87. The van der Waals surface area contributed by atoms with Crippen LogP contribution < -0.4 is 15.8 Å². The Morgan fingerprint density at radius 3 is 2.62 bits per heavy atom. The van der Waals surface area contributed by atoms with Crippen molar-refractivity contribution in [1.29, 1.82) is 0 Å². The number of para-hydroxylation sites is 1. The molecule has 7 nitrogen and oxygen atoms in total. The van der Waals surface area contributed by atoms with Gasteiger partial charge in [0.25, 0.3) is 5.91 Å². The average molecular weight is 521 g/mol. The Balaban J connectivity index is 1.48. The molecule has 0 radical (unpaired) electrons. The van der Waals surface area contributed by atoms with Gasteiger partial charge in [0.15, 0.2) is 0 Å². The van der Waals surface area contributed by atoms with Gasteiger partial charge in [-0.15, -0.1) is 0 Å². The number of aliphatic hydroxyl groups excluding tert-OH is 1. The van der Waals surface area contributed by atoms with Crippen LogP contribution in [-0.2, 0) is 0 Å². The molecule has 0 aliphatic heterocycles. The van der Waals surface area contributed by atoms with Crippen molar-refractivity contribution in [2.75, 3.05) is 19.0 Å². The van der Waals surface area contributed by atoms with Gasteiger partial charge in [-0.1, -0.05) is 30.3 Å². The Bertz CT molecular complexity index is 1670. The van der Waals surface area contributed by atoms with E-state index in [0.717, 1.165) is 76.5 Å². The van der Waals surface area contributed by atoms with E-state index in [1.807, 2.05) is 30.5 Å². The Morgan fingerprint density at radius 1 is 1.03 bits per heavy atom. The number of primary amides is 1. The Labute approximate surface area is 227 Å². The van der Waals surface area contributed by atoms with Crippen molar-refractivity contribution in [3.05, 3.63) is 84.7 Å². The van der Waals surface area contributed by atoms with E-state index < -0.39 is 5.91 Å². The van der Waals surface area contributed by atoms with Gasteiger partial charge in [-0.05, 0) is 73.6 Å². The van der Waals surface area contributed by atoms with Gasteiger partial charge in [-0.2, -0.15) is 0 Å². The van der Waals surface area contributed by atoms with Crippen LogP contribution in [0.1, 0.15) is 36.0 Å². The number of pyridine rings is 1. The highest BCUT2D eigenvalue weighted by Gasteiger charge is 2.21. The second-order valence-electron chi connectivity index (χ2n) is 10.3. The van der Waals surface area contributed by atoms with E-state index in [4.69, 9.17) is 10.5 Å². The number of nitrogens with one attached hydrogen (secondary N) is 1. The first kappa shape index (κ1) is 24.9. The molecular weight excluding hydrogens is 488 g/mol. The van der Waals surface area contributed by atoms with Crippen molar-refractivity contribution in [2.24, 2.45) is 11.7 Å². The van der Waals surface area contributed by atoms with Gasteiger partial charge in [-0.25, -0.2) is 0 Å². The number of methoxy groups -OCH3 is 1. The van der Waals surface area contributed by atoms with Crippen LogP contribution in [0, 0.1) is 5.92 Å². The first-order valence-corrected chi connectivity index (χ1v) is 13.4. The summed E-state index contributed by atoms with van der Waals surface area (Å²) < 4.78 is 7.67. The first-order chi connectivity index (χ1) is 19.0. The summed E-state index contributed by atoms with van der Waals surface area (Å²) in [5.74, 6) is 0.696. The van der Waals surface area contributed by atoms with E-state index in [0.29, 0.717) is 17.2 Å². The topological polar surface area (TPSA) is 102 Å². The number of aromatic nitrogens is 2. The molecule has 1 aliphatic rings. The lowest BCUT2D eigenvalue weighted by Gasteiger charge is -2.26. The van der Waals surface area contributed by atoms with E-state index >= 15 is 0 Å². The molecule has 0 spiro atoms. The average Bonchev–Trinajstić information content (AvgIpc) is 3.31. The number of benzene rings is 3. The second-order valence-corrected chi connectivity index (χ2v) is 10.3. The minimum atomic E-state index is -0.460. The normalized spacial score (nSPS) is 17.4. The number of ether oxygens (including phenoxy) is 1. The molecule has 4 N–H and O–H groups in total. The number of nitrogens with zero attached hydrogens (tertiary/aromatic N) is 2. The molecule has 1 aliphatic carbocycles. The fourth-order valence-electron chi connectivity index (χ4n) is 5.85. The summed E-state index contributed by atoms with van der Waals surface area (Å²) in [5, 5.41) is 15.6. The third kappa shape index (κ3) is 4.70. The van der Waals surface area contributed by atoms with Crippen LogP contribution in [0.5, 0.6) is 5.75 Å². The highest BCUT2D eigenvalue weighted by atomic mass is 16.5. The smallest absolute Gasteiger partial charge is 0.250 e. The molecule has 0 atom stereocenters. The van der Waals surface area contributed by atoms with Gasteiger partial charge in [0.1, 0.15) is 5.75 Å². The summed E-state index contributed by atoms with van der Waals surface area (Å²) in [6.07, 6.45) is 6.94. The molecule has 5 aromatic rings. The van der Waals surface area contributed by atoms with Crippen molar-refractivity contribution in [3.63, 3.8) is 0 Å². The van der Waals surface area contributed by atoms with Crippen LogP contribution in [-0.4, -0.2) is 40.3 Å². The van der Waals surface area contributed by atoms with Crippen LogP contribution in [0.2, 0.25) is 0 Å². The largest absolute Gasteiger partial charge is 0.495 e. The third-order valence-corrected chi connectivity index (χ3v) is 7.88. The number of hydrogen-bond donors (Lipinski definition) is 3. The molecule has 3 aromatic carbocycles. The van der Waals surface area contributed by atoms with E-state index in [2.05, 4.69) is 51.3 Å². The van der Waals surface area contributed by atoms with E-state index in [1.165, 1.54) is 0 Å². The Kier molecular flexibility index (Phi) is 6.67. The molecule has 1 fully saturated rings. The summed E-state index contributed by atoms with van der Waals surface area (Å²) in [6, 6.07) is 22.4. The number of nitrogens with two attached hydrogens (primary N) is 1. The predicted octanol–water partition coefficient (Wildman–Crippen LogP) is 5.92. The standard InChI is InChI=1S/C32H32N4O3/c1-39-24-15-21(18-34-19-24)25-6-4-8-30-31(25)27-5-2-3-7-29(27)36(30)22-11-14-26(32(33)38)28(16-22)35-17-20-9-12-23(37)13-10-20/h2-8,11,14-16,18-20,23,35,37H,9-10,12-13,17H2,1H3,(H2,33,38). The quantitative estimate of drug-likeness (QED) is 0.247. The van der Waals surface area contributed by atoms with Crippen molar-refractivity contribution in [2.45, 2.75) is 31.8 Å². The predicted molar refractivity (Wildman–Crippen MR) is 156 cm³/mol. The summed E-state index contributed by atoms with van der Waals surface area (Å²) in [7, 11) is 1.65. The molecule has 0 bridgehead atoms. The Morgan fingerprint density at radius 2 is 1.82 bits per heavy atom. The maximum absolute atomic E-state index is 12.3. The minimum Gasteiger partial charge on any atom is -0.495 e. The molecule has 1 saturated carbocycles. The third-order valence-electron chi connectivity index (χ3n) is 7.88. The van der Waals surface area contributed by atoms with E-state index in [-0.39, 0.29) is 6.10 Å². The number of hydrogen-bond acceptors (Lipinski definition) is 5. The number of rotatable bonds is 7. The number of aliphatic hydroxyl groups is 1.